The Morgan fingerprint density at radius 3 is 2.60 bits per heavy atom. The fourth-order valence-electron chi connectivity index (χ4n) is 3.35. The lowest BCUT2D eigenvalue weighted by Gasteiger charge is -2.37. The molecule has 0 unspecified atom stereocenters. The van der Waals surface area contributed by atoms with E-state index < -0.39 is 0 Å². The Hall–Kier alpha value is -1.02. The highest BCUT2D eigenvalue weighted by Crippen LogP contribution is 2.27. The van der Waals surface area contributed by atoms with E-state index >= 15 is 0 Å². The number of rotatable bonds is 5. The average Bonchev–Trinajstić information content (AvgIpc) is 2.71. The fraction of sp³-hybridized carbons (Fsp3) is 0.667. The van der Waals surface area contributed by atoms with Crippen molar-refractivity contribution in [2.45, 2.75) is 58.4 Å². The molecular weight excluding hydrogens is 244 g/mol. The molecule has 0 aromatic heterocycles. The second kappa shape index (κ2) is 7.12. The van der Waals surface area contributed by atoms with Crippen LogP contribution >= 0.6 is 0 Å². The summed E-state index contributed by atoms with van der Waals surface area (Å²) < 4.78 is 0. The number of nitrogens with zero attached hydrogens (tertiary/aromatic N) is 1. The summed E-state index contributed by atoms with van der Waals surface area (Å²) in [5, 5.41) is 3.80. The van der Waals surface area contributed by atoms with Crippen LogP contribution in [0.2, 0.25) is 0 Å². The minimum Gasteiger partial charge on any atom is -0.369 e. The molecule has 1 fully saturated rings. The zero-order chi connectivity index (χ0) is 14.4. The van der Waals surface area contributed by atoms with E-state index in [1.54, 1.807) is 0 Å². The molecular formula is C18H30N2. The van der Waals surface area contributed by atoms with Gasteiger partial charge in [-0.15, -0.1) is 0 Å². The first-order chi connectivity index (χ1) is 9.74. The Bertz CT molecular complexity index is 410. The van der Waals surface area contributed by atoms with Crippen LogP contribution in [0.25, 0.3) is 0 Å². The average molecular weight is 274 g/mol. The Labute approximate surface area is 124 Å². The molecule has 1 aliphatic rings. The van der Waals surface area contributed by atoms with Gasteiger partial charge in [-0.25, -0.2) is 0 Å². The van der Waals surface area contributed by atoms with Crippen molar-refractivity contribution in [1.82, 2.24) is 5.32 Å². The highest BCUT2D eigenvalue weighted by Gasteiger charge is 2.30. The monoisotopic (exact) mass is 274 g/mol. The van der Waals surface area contributed by atoms with Gasteiger partial charge in [0.2, 0.25) is 0 Å². The van der Waals surface area contributed by atoms with Gasteiger partial charge in [-0.3, -0.25) is 0 Å². The maximum Gasteiger partial charge on any atom is 0.0399 e. The third-order valence-corrected chi connectivity index (χ3v) is 4.80. The SMILES string of the molecule is CCCc1ccccc1N1CCCNC(CC)(CC)C1. The zero-order valence-electron chi connectivity index (χ0n) is 13.4. The van der Waals surface area contributed by atoms with Gasteiger partial charge in [0.15, 0.2) is 0 Å². The number of hydrogen-bond acceptors (Lipinski definition) is 2. The van der Waals surface area contributed by atoms with Crippen LogP contribution in [0.5, 0.6) is 0 Å². The van der Waals surface area contributed by atoms with Crippen LogP contribution in [-0.4, -0.2) is 25.2 Å². The van der Waals surface area contributed by atoms with E-state index in [9.17, 15) is 0 Å². The summed E-state index contributed by atoms with van der Waals surface area (Å²) in [5.41, 5.74) is 3.26. The van der Waals surface area contributed by atoms with Crippen molar-refractivity contribution in [3.05, 3.63) is 29.8 Å². The molecule has 20 heavy (non-hydrogen) atoms. The molecule has 1 N–H and O–H groups in total. The van der Waals surface area contributed by atoms with Crippen molar-refractivity contribution in [1.29, 1.82) is 0 Å². The largest absolute Gasteiger partial charge is 0.369 e. The van der Waals surface area contributed by atoms with Gasteiger partial charge in [-0.1, -0.05) is 45.4 Å². The Kier molecular flexibility index (Phi) is 5.47. The van der Waals surface area contributed by atoms with E-state index in [-0.39, 0.29) is 5.54 Å². The predicted octanol–water partition coefficient (Wildman–Crippen LogP) is 4.00. The smallest absolute Gasteiger partial charge is 0.0399 e. The van der Waals surface area contributed by atoms with Gasteiger partial charge in [0.05, 0.1) is 0 Å². The number of benzene rings is 1. The second-order valence-electron chi connectivity index (χ2n) is 6.07. The lowest BCUT2D eigenvalue weighted by atomic mass is 9.92. The fourth-order valence-corrected chi connectivity index (χ4v) is 3.35. The quantitative estimate of drug-likeness (QED) is 0.873. The first-order valence-electron chi connectivity index (χ1n) is 8.32. The molecule has 1 aromatic rings. The molecule has 0 aliphatic carbocycles. The van der Waals surface area contributed by atoms with E-state index in [1.165, 1.54) is 49.9 Å². The normalized spacial score (nSPS) is 18.9. The molecule has 2 rings (SSSR count). The van der Waals surface area contributed by atoms with Gasteiger partial charge in [0.25, 0.3) is 0 Å². The van der Waals surface area contributed by atoms with Gasteiger partial charge in [0, 0.05) is 24.3 Å². The summed E-state index contributed by atoms with van der Waals surface area (Å²) in [6.07, 6.45) is 6.05. The number of nitrogens with one attached hydrogen (secondary N) is 1. The van der Waals surface area contributed by atoms with Crippen LogP contribution in [0.1, 0.15) is 52.0 Å². The molecule has 0 radical (unpaired) electrons. The molecule has 0 bridgehead atoms. The van der Waals surface area contributed by atoms with E-state index in [2.05, 4.69) is 55.3 Å². The van der Waals surface area contributed by atoms with Crippen molar-refractivity contribution in [2.75, 3.05) is 24.5 Å². The molecule has 2 heteroatoms. The highest BCUT2D eigenvalue weighted by molar-refractivity contribution is 5.54. The van der Waals surface area contributed by atoms with E-state index in [1.807, 2.05) is 0 Å². The maximum absolute atomic E-state index is 3.80. The van der Waals surface area contributed by atoms with Gasteiger partial charge < -0.3 is 10.2 Å². The molecule has 1 aromatic carbocycles. The van der Waals surface area contributed by atoms with E-state index in [4.69, 9.17) is 0 Å². The third-order valence-electron chi connectivity index (χ3n) is 4.80. The molecule has 112 valence electrons. The number of anilines is 1. The molecule has 1 saturated heterocycles. The summed E-state index contributed by atoms with van der Waals surface area (Å²) in [7, 11) is 0. The van der Waals surface area contributed by atoms with Gasteiger partial charge in [-0.05, 0) is 43.9 Å². The van der Waals surface area contributed by atoms with Crippen LogP contribution in [0.15, 0.2) is 24.3 Å². The van der Waals surface area contributed by atoms with Crippen LogP contribution in [0.4, 0.5) is 5.69 Å². The molecule has 0 atom stereocenters. The van der Waals surface area contributed by atoms with Crippen LogP contribution in [0.3, 0.4) is 0 Å². The van der Waals surface area contributed by atoms with Gasteiger partial charge in [-0.2, -0.15) is 0 Å². The van der Waals surface area contributed by atoms with Crippen molar-refractivity contribution in [3.63, 3.8) is 0 Å². The van der Waals surface area contributed by atoms with Crippen molar-refractivity contribution in [2.24, 2.45) is 0 Å². The Balaban J connectivity index is 2.26. The first kappa shape index (κ1) is 15.4. The minimum atomic E-state index is 0.288. The van der Waals surface area contributed by atoms with Crippen LogP contribution < -0.4 is 10.2 Å². The molecule has 1 aliphatic heterocycles. The molecule has 0 saturated carbocycles. The molecule has 2 nitrogen and oxygen atoms in total. The van der Waals surface area contributed by atoms with E-state index in [0.29, 0.717) is 0 Å². The van der Waals surface area contributed by atoms with Crippen molar-refractivity contribution >= 4 is 5.69 Å². The standard InChI is InChI=1S/C18H30N2/c1-4-10-16-11-7-8-12-17(16)20-14-9-13-19-18(5-2,6-3)15-20/h7-8,11-12,19H,4-6,9-10,13-15H2,1-3H3. The number of hydrogen-bond donors (Lipinski definition) is 1. The predicted molar refractivity (Wildman–Crippen MR) is 88.6 cm³/mol. The van der Waals surface area contributed by atoms with Crippen molar-refractivity contribution in [3.8, 4) is 0 Å². The van der Waals surface area contributed by atoms with E-state index in [0.717, 1.165) is 13.1 Å². The highest BCUT2D eigenvalue weighted by atomic mass is 15.2. The van der Waals surface area contributed by atoms with Crippen molar-refractivity contribution < 1.29 is 0 Å². The number of aryl methyl sites for hydroxylation is 1. The molecule has 0 spiro atoms. The first-order valence-corrected chi connectivity index (χ1v) is 8.32. The van der Waals surface area contributed by atoms with Crippen LogP contribution in [-0.2, 0) is 6.42 Å². The summed E-state index contributed by atoms with van der Waals surface area (Å²) in [4.78, 5) is 2.62. The maximum atomic E-state index is 3.80. The lowest BCUT2D eigenvalue weighted by Crippen LogP contribution is -2.50. The van der Waals surface area contributed by atoms with Crippen LogP contribution in [0, 0.1) is 0 Å². The topological polar surface area (TPSA) is 15.3 Å². The summed E-state index contributed by atoms with van der Waals surface area (Å²) in [6.45, 7) is 10.4. The zero-order valence-corrected chi connectivity index (χ0v) is 13.4. The number of para-hydroxylation sites is 1. The van der Waals surface area contributed by atoms with Gasteiger partial charge in [0.1, 0.15) is 0 Å². The minimum absolute atomic E-state index is 0.288. The third kappa shape index (κ3) is 3.35. The molecule has 1 heterocycles. The summed E-state index contributed by atoms with van der Waals surface area (Å²) in [5.74, 6) is 0. The molecule has 0 amide bonds. The summed E-state index contributed by atoms with van der Waals surface area (Å²) >= 11 is 0. The summed E-state index contributed by atoms with van der Waals surface area (Å²) in [6, 6.07) is 8.98. The lowest BCUT2D eigenvalue weighted by molar-refractivity contribution is 0.321. The Morgan fingerprint density at radius 2 is 1.90 bits per heavy atom. The Morgan fingerprint density at radius 1 is 1.15 bits per heavy atom. The second-order valence-corrected chi connectivity index (χ2v) is 6.07. The van der Waals surface area contributed by atoms with Gasteiger partial charge >= 0.3 is 0 Å².